The molecule has 6 saturated heterocycles. The molecule has 6 heterocycles. The number of methoxy groups -OCH3 is 1. The Morgan fingerprint density at radius 3 is 2.24 bits per heavy atom. The van der Waals surface area contributed by atoms with E-state index in [9.17, 15) is 15.0 Å². The Hall–Kier alpha value is -0.850. The first-order valence-electron chi connectivity index (χ1n) is 19.8. The fourth-order valence-electron chi connectivity index (χ4n) is 11.2. The minimum Gasteiger partial charge on any atom is -0.481 e. The number of ether oxygens (including phenoxy) is 7. The van der Waals surface area contributed by atoms with E-state index in [1.165, 1.54) is 0 Å². The normalized spacial score (nSPS) is 55.0. The summed E-state index contributed by atoms with van der Waals surface area (Å²) in [4.78, 5) is 11.8. The van der Waals surface area contributed by atoms with Crippen LogP contribution >= 0.6 is 0 Å². The van der Waals surface area contributed by atoms with Gasteiger partial charge in [0.25, 0.3) is 0 Å². The summed E-state index contributed by atoms with van der Waals surface area (Å²) in [6, 6.07) is 0. The van der Waals surface area contributed by atoms with E-state index in [1.54, 1.807) is 21.0 Å². The van der Waals surface area contributed by atoms with Crippen molar-refractivity contribution in [2.24, 2.45) is 41.4 Å². The van der Waals surface area contributed by atoms with E-state index >= 15 is 0 Å². The summed E-state index contributed by atoms with van der Waals surface area (Å²) in [5.74, 6) is -2.36. The molecule has 288 valence electrons. The molecular formula is C40H68O10. The minimum absolute atomic E-state index is 0.0109. The van der Waals surface area contributed by atoms with Crippen LogP contribution in [0.2, 0.25) is 0 Å². The number of hydrogen-bond acceptors (Lipinski definition) is 9. The first kappa shape index (κ1) is 38.9. The third kappa shape index (κ3) is 6.96. The van der Waals surface area contributed by atoms with Crippen molar-refractivity contribution in [3.63, 3.8) is 0 Å². The molecule has 0 aromatic carbocycles. The van der Waals surface area contributed by atoms with Gasteiger partial charge in [-0.2, -0.15) is 0 Å². The van der Waals surface area contributed by atoms with Crippen LogP contribution in [0.15, 0.2) is 0 Å². The molecule has 6 fully saturated rings. The summed E-state index contributed by atoms with van der Waals surface area (Å²) >= 11 is 0. The highest BCUT2D eigenvalue weighted by molar-refractivity contribution is 5.70. The van der Waals surface area contributed by atoms with Crippen LogP contribution in [0.4, 0.5) is 0 Å². The zero-order valence-corrected chi connectivity index (χ0v) is 32.7. The predicted octanol–water partition coefficient (Wildman–Crippen LogP) is 6.73. The maximum Gasteiger partial charge on any atom is 0.308 e. The molecule has 0 unspecified atom stereocenters. The zero-order valence-electron chi connectivity index (χ0n) is 32.7. The van der Waals surface area contributed by atoms with Crippen LogP contribution in [-0.4, -0.2) is 94.9 Å². The van der Waals surface area contributed by atoms with E-state index < -0.39 is 34.7 Å². The van der Waals surface area contributed by atoms with Crippen molar-refractivity contribution in [2.75, 3.05) is 7.11 Å². The maximum absolute atomic E-state index is 11.8. The molecule has 0 bridgehead atoms. The van der Waals surface area contributed by atoms with Crippen LogP contribution in [-0.2, 0) is 38.0 Å². The Morgan fingerprint density at radius 2 is 1.56 bits per heavy atom. The molecule has 19 atom stereocenters. The SMILES string of the molecule is CO[C@@H]1C[C@@H](C[C@@H]2CC[C@@H](C)[C@H]([C@@H](C)C(=O)O)O2)O[C@@]2(O[C@@](C)([C@H]3CC[C@@](C)([C@@H]4O[C@@H]([C@H]5O[C@@](C)(O)[C@H](C)C[C@@H]5C)C[C@H]4C)O3)C[C@H]2C)[C@H]1C. The Morgan fingerprint density at radius 1 is 0.840 bits per heavy atom. The Kier molecular flexibility index (Phi) is 11.0. The van der Waals surface area contributed by atoms with Crippen LogP contribution < -0.4 is 0 Å². The number of aliphatic carboxylic acids is 1. The van der Waals surface area contributed by atoms with Crippen molar-refractivity contribution in [2.45, 2.75) is 199 Å². The highest BCUT2D eigenvalue weighted by atomic mass is 16.7. The maximum atomic E-state index is 11.8. The molecule has 1 spiro atoms. The van der Waals surface area contributed by atoms with Gasteiger partial charge in [-0.05, 0) is 90.4 Å². The van der Waals surface area contributed by atoms with Crippen molar-refractivity contribution in [1.29, 1.82) is 0 Å². The van der Waals surface area contributed by atoms with Crippen molar-refractivity contribution >= 4 is 5.97 Å². The molecule has 2 N–H and O–H groups in total. The summed E-state index contributed by atoms with van der Waals surface area (Å²) in [6.45, 7) is 21.0. The summed E-state index contributed by atoms with van der Waals surface area (Å²) in [6.07, 6.45) is 6.64. The van der Waals surface area contributed by atoms with Crippen molar-refractivity contribution in [3.05, 3.63) is 0 Å². The van der Waals surface area contributed by atoms with Crippen LogP contribution in [0.1, 0.15) is 127 Å². The molecule has 0 aromatic heterocycles. The van der Waals surface area contributed by atoms with E-state index in [1.807, 2.05) is 0 Å². The van der Waals surface area contributed by atoms with Crippen molar-refractivity contribution in [3.8, 4) is 0 Å². The summed E-state index contributed by atoms with van der Waals surface area (Å²) < 4.78 is 47.2. The van der Waals surface area contributed by atoms with E-state index in [-0.39, 0.29) is 72.5 Å². The third-order valence-corrected chi connectivity index (χ3v) is 14.4. The molecule has 6 aliphatic rings. The molecule has 10 heteroatoms. The summed E-state index contributed by atoms with van der Waals surface area (Å²) in [7, 11) is 1.78. The number of carboxylic acids is 1. The fourth-order valence-corrected chi connectivity index (χ4v) is 11.2. The average Bonchev–Trinajstić information content (AvgIpc) is 3.72. The van der Waals surface area contributed by atoms with Gasteiger partial charge in [-0.3, -0.25) is 4.79 Å². The second kappa shape index (κ2) is 14.1. The third-order valence-electron chi connectivity index (χ3n) is 14.4. The average molecular weight is 709 g/mol. The molecule has 6 rings (SSSR count). The molecule has 0 radical (unpaired) electrons. The van der Waals surface area contributed by atoms with Crippen LogP contribution in [0.25, 0.3) is 0 Å². The molecule has 10 nitrogen and oxygen atoms in total. The number of rotatable bonds is 8. The molecule has 0 aromatic rings. The van der Waals surface area contributed by atoms with Gasteiger partial charge in [0, 0.05) is 37.7 Å². The lowest BCUT2D eigenvalue weighted by Gasteiger charge is -2.50. The summed E-state index contributed by atoms with van der Waals surface area (Å²) in [5.41, 5.74) is -1.02. The number of carbonyl (C=O) groups is 1. The van der Waals surface area contributed by atoms with Gasteiger partial charge >= 0.3 is 5.97 Å². The molecule has 50 heavy (non-hydrogen) atoms. The summed E-state index contributed by atoms with van der Waals surface area (Å²) in [5, 5.41) is 20.6. The van der Waals surface area contributed by atoms with Gasteiger partial charge in [0.05, 0.1) is 66.0 Å². The van der Waals surface area contributed by atoms with Crippen molar-refractivity contribution < 1.29 is 48.2 Å². The Bertz CT molecular complexity index is 1210. The Balaban J connectivity index is 1.13. The lowest BCUT2D eigenvalue weighted by atomic mass is 9.78. The van der Waals surface area contributed by atoms with Gasteiger partial charge in [-0.1, -0.05) is 41.5 Å². The minimum atomic E-state index is -1.15. The van der Waals surface area contributed by atoms with Crippen molar-refractivity contribution in [1.82, 2.24) is 0 Å². The number of hydrogen-bond donors (Lipinski definition) is 2. The topological polar surface area (TPSA) is 122 Å². The molecular weight excluding hydrogens is 640 g/mol. The lowest BCUT2D eigenvalue weighted by Crippen LogP contribution is -2.58. The van der Waals surface area contributed by atoms with E-state index in [4.69, 9.17) is 33.2 Å². The van der Waals surface area contributed by atoms with E-state index in [0.717, 1.165) is 51.4 Å². The highest BCUT2D eigenvalue weighted by Gasteiger charge is 2.65. The molecule has 6 aliphatic heterocycles. The second-order valence-electron chi connectivity index (χ2n) is 18.4. The second-order valence-corrected chi connectivity index (χ2v) is 18.4. The number of carboxylic acid groups (broad SMARTS) is 1. The molecule has 0 aliphatic carbocycles. The van der Waals surface area contributed by atoms with Crippen LogP contribution in [0.5, 0.6) is 0 Å². The zero-order chi connectivity index (χ0) is 36.6. The van der Waals surface area contributed by atoms with Gasteiger partial charge in [-0.15, -0.1) is 0 Å². The number of aliphatic hydroxyl groups is 1. The highest BCUT2D eigenvalue weighted by Crippen LogP contribution is 2.57. The standard InChI is InChI=1S/C40H68O10/c1-21-12-13-28(45-33(21)26(6)36(41)42)18-29-19-30(44-11)27(7)40(47-29)25(5)20-38(9,50-40)32-14-15-37(8,48-32)35-23(3)17-31(46-35)34-22(2)16-24(4)39(10,43)49-34/h21-35,43H,12-20H2,1-11H3,(H,41,42)/t21-,22+,23-,24-,25-,26-,27+,28+,29-,30-,31-,32-,33-,34+,35-,37+,38-,39-,40+/m1/s1. The van der Waals surface area contributed by atoms with E-state index in [0.29, 0.717) is 18.3 Å². The van der Waals surface area contributed by atoms with Crippen LogP contribution in [0.3, 0.4) is 0 Å². The molecule has 0 saturated carbocycles. The first-order chi connectivity index (χ1) is 23.3. The Labute approximate surface area is 300 Å². The van der Waals surface area contributed by atoms with Gasteiger partial charge in [0.15, 0.2) is 11.6 Å². The largest absolute Gasteiger partial charge is 0.481 e. The van der Waals surface area contributed by atoms with Crippen LogP contribution in [0, 0.1) is 41.4 Å². The van der Waals surface area contributed by atoms with Gasteiger partial charge in [0.1, 0.15) is 0 Å². The van der Waals surface area contributed by atoms with Gasteiger partial charge in [-0.25, -0.2) is 0 Å². The quantitative estimate of drug-likeness (QED) is 0.281. The monoisotopic (exact) mass is 708 g/mol. The van der Waals surface area contributed by atoms with Gasteiger partial charge in [0.2, 0.25) is 0 Å². The lowest BCUT2D eigenvalue weighted by molar-refractivity contribution is -0.352. The fraction of sp³-hybridized carbons (Fsp3) is 0.975. The first-order valence-corrected chi connectivity index (χ1v) is 19.8. The molecule has 0 amide bonds. The van der Waals surface area contributed by atoms with E-state index in [2.05, 4.69) is 55.4 Å². The smallest absolute Gasteiger partial charge is 0.308 e. The van der Waals surface area contributed by atoms with Gasteiger partial charge < -0.3 is 43.4 Å². The predicted molar refractivity (Wildman–Crippen MR) is 187 cm³/mol.